The Kier molecular flexibility index (Phi) is 3.83. The molecule has 27 heavy (non-hydrogen) atoms. The molecule has 1 unspecified atom stereocenters. The molecule has 7 nitrogen and oxygen atoms in total. The lowest BCUT2D eigenvalue weighted by atomic mass is 9.89. The van der Waals surface area contributed by atoms with Crippen molar-refractivity contribution in [3.05, 3.63) is 65.0 Å². The van der Waals surface area contributed by atoms with Gasteiger partial charge in [-0.15, -0.1) is 0 Å². The minimum Gasteiger partial charge on any atom is -0.496 e. The fraction of sp³-hybridized carbons (Fsp3) is 0.211. The van der Waals surface area contributed by atoms with Crippen LogP contribution in [-0.2, 0) is 16.9 Å². The number of halogens is 1. The van der Waals surface area contributed by atoms with Crippen LogP contribution in [0.15, 0.2) is 42.5 Å². The molecule has 2 aromatic carbocycles. The number of nitrogens with one attached hydrogen (secondary N) is 2. The molecule has 2 aromatic rings. The first-order valence-electron chi connectivity index (χ1n) is 8.29. The molecule has 0 aliphatic carbocycles. The van der Waals surface area contributed by atoms with E-state index >= 15 is 0 Å². The van der Waals surface area contributed by atoms with E-state index in [2.05, 4.69) is 10.6 Å². The van der Waals surface area contributed by atoms with E-state index in [1.807, 2.05) is 0 Å². The average molecular weight is 369 g/mol. The lowest BCUT2D eigenvalue weighted by Crippen LogP contribution is -2.52. The number of carbonyl (C=O) groups is 3. The van der Waals surface area contributed by atoms with Crippen molar-refractivity contribution in [1.29, 1.82) is 0 Å². The first kappa shape index (κ1) is 17.0. The number of hydrogen-bond acceptors (Lipinski definition) is 4. The predicted octanol–water partition coefficient (Wildman–Crippen LogP) is 1.52. The van der Waals surface area contributed by atoms with Crippen molar-refractivity contribution in [3.63, 3.8) is 0 Å². The van der Waals surface area contributed by atoms with Gasteiger partial charge in [0.05, 0.1) is 20.2 Å². The van der Waals surface area contributed by atoms with Crippen LogP contribution in [0, 0.1) is 5.82 Å². The smallest absolute Gasteiger partial charge is 0.322 e. The topological polar surface area (TPSA) is 87.7 Å². The molecule has 1 saturated heterocycles. The molecule has 2 N–H and O–H groups in total. The lowest BCUT2D eigenvalue weighted by molar-refractivity contribution is -0.124. The molecule has 1 fully saturated rings. The second kappa shape index (κ2) is 6.08. The number of imide groups is 1. The predicted molar refractivity (Wildman–Crippen MR) is 92.5 cm³/mol. The molecule has 2 aliphatic heterocycles. The molecule has 2 aliphatic rings. The van der Waals surface area contributed by atoms with E-state index in [9.17, 15) is 18.8 Å². The quantitative estimate of drug-likeness (QED) is 0.800. The maximum atomic E-state index is 13.3. The van der Waals surface area contributed by atoms with Crippen LogP contribution in [0.4, 0.5) is 9.18 Å². The summed E-state index contributed by atoms with van der Waals surface area (Å²) in [6, 6.07) is 9.78. The Morgan fingerprint density at radius 3 is 2.52 bits per heavy atom. The SMILES string of the molecule is COc1cccc2c1CN(CC1(c3ccc(F)cc3)NC(=O)NC1=O)C2=O. The van der Waals surface area contributed by atoms with E-state index in [1.54, 1.807) is 18.2 Å². The molecule has 1 atom stereocenters. The molecule has 0 bridgehead atoms. The standard InChI is InChI=1S/C19H16FN3O4/c1-27-15-4-2-3-13-14(15)9-23(16(13)24)10-19(17(25)21-18(26)22-19)11-5-7-12(20)8-6-11/h2-8H,9-10H2,1H3,(H2,21,22,25,26). The number of carbonyl (C=O) groups excluding carboxylic acids is 3. The summed E-state index contributed by atoms with van der Waals surface area (Å²) in [6.45, 7) is 0.150. The molecular formula is C19H16FN3O4. The Hall–Kier alpha value is -3.42. The summed E-state index contributed by atoms with van der Waals surface area (Å²) in [4.78, 5) is 38.8. The molecule has 138 valence electrons. The monoisotopic (exact) mass is 369 g/mol. The number of amides is 4. The molecule has 0 aromatic heterocycles. The molecule has 2 heterocycles. The molecular weight excluding hydrogens is 353 g/mol. The van der Waals surface area contributed by atoms with Crippen molar-refractivity contribution in [1.82, 2.24) is 15.5 Å². The maximum Gasteiger partial charge on any atom is 0.322 e. The highest BCUT2D eigenvalue weighted by Gasteiger charge is 2.50. The summed E-state index contributed by atoms with van der Waals surface area (Å²) < 4.78 is 18.7. The third-order valence-corrected chi connectivity index (χ3v) is 4.93. The van der Waals surface area contributed by atoms with Gasteiger partial charge in [-0.05, 0) is 29.8 Å². The van der Waals surface area contributed by atoms with Crippen molar-refractivity contribution in [2.45, 2.75) is 12.1 Å². The van der Waals surface area contributed by atoms with Gasteiger partial charge in [0.1, 0.15) is 11.6 Å². The summed E-state index contributed by atoms with van der Waals surface area (Å²) in [6.07, 6.45) is 0. The van der Waals surface area contributed by atoms with Crippen molar-refractivity contribution in [3.8, 4) is 5.75 Å². The fourth-order valence-electron chi connectivity index (χ4n) is 3.60. The number of urea groups is 1. The van der Waals surface area contributed by atoms with Crippen LogP contribution in [0.2, 0.25) is 0 Å². The molecule has 4 amide bonds. The van der Waals surface area contributed by atoms with Gasteiger partial charge in [0.15, 0.2) is 5.54 Å². The molecule has 8 heteroatoms. The van der Waals surface area contributed by atoms with Crippen LogP contribution in [0.1, 0.15) is 21.5 Å². The lowest BCUT2D eigenvalue weighted by Gasteiger charge is -2.31. The van der Waals surface area contributed by atoms with Crippen LogP contribution in [-0.4, -0.2) is 36.4 Å². The fourth-order valence-corrected chi connectivity index (χ4v) is 3.60. The van der Waals surface area contributed by atoms with Crippen molar-refractivity contribution in [2.75, 3.05) is 13.7 Å². The van der Waals surface area contributed by atoms with E-state index < -0.39 is 23.3 Å². The van der Waals surface area contributed by atoms with Gasteiger partial charge < -0.3 is 15.0 Å². The van der Waals surface area contributed by atoms with Gasteiger partial charge in [-0.3, -0.25) is 14.9 Å². The number of methoxy groups -OCH3 is 1. The number of fused-ring (bicyclic) bond motifs is 1. The Morgan fingerprint density at radius 2 is 1.89 bits per heavy atom. The van der Waals surface area contributed by atoms with Crippen molar-refractivity contribution >= 4 is 17.8 Å². The van der Waals surface area contributed by atoms with Gasteiger partial charge in [-0.1, -0.05) is 18.2 Å². The first-order chi connectivity index (χ1) is 12.9. The zero-order valence-electron chi connectivity index (χ0n) is 14.4. The zero-order valence-corrected chi connectivity index (χ0v) is 14.4. The van der Waals surface area contributed by atoms with Crippen LogP contribution in [0.25, 0.3) is 0 Å². The average Bonchev–Trinajstić information content (AvgIpc) is 3.12. The van der Waals surface area contributed by atoms with Gasteiger partial charge in [0.25, 0.3) is 11.8 Å². The van der Waals surface area contributed by atoms with Crippen LogP contribution in [0.5, 0.6) is 5.75 Å². The highest BCUT2D eigenvalue weighted by Crippen LogP contribution is 2.34. The first-order valence-corrected chi connectivity index (χ1v) is 8.29. The molecule has 0 spiro atoms. The third-order valence-electron chi connectivity index (χ3n) is 4.93. The van der Waals surface area contributed by atoms with E-state index in [4.69, 9.17) is 4.74 Å². The number of benzene rings is 2. The summed E-state index contributed by atoms with van der Waals surface area (Å²) in [5.74, 6) is -0.735. The van der Waals surface area contributed by atoms with Gasteiger partial charge >= 0.3 is 6.03 Å². The third kappa shape index (κ3) is 2.61. The Bertz CT molecular complexity index is 960. The second-order valence-corrected chi connectivity index (χ2v) is 6.47. The van der Waals surface area contributed by atoms with Gasteiger partial charge in [-0.25, -0.2) is 9.18 Å². The largest absolute Gasteiger partial charge is 0.496 e. The normalized spacial score (nSPS) is 21.1. The van der Waals surface area contributed by atoms with Crippen molar-refractivity contribution < 1.29 is 23.5 Å². The highest BCUT2D eigenvalue weighted by molar-refractivity contribution is 6.08. The Labute approximate surface area is 154 Å². The summed E-state index contributed by atoms with van der Waals surface area (Å²) in [7, 11) is 1.52. The van der Waals surface area contributed by atoms with E-state index in [1.165, 1.54) is 36.3 Å². The Balaban J connectivity index is 1.72. The summed E-state index contributed by atoms with van der Waals surface area (Å²) in [5, 5.41) is 4.82. The minimum absolute atomic E-state index is 0.0904. The molecule has 4 rings (SSSR count). The summed E-state index contributed by atoms with van der Waals surface area (Å²) >= 11 is 0. The van der Waals surface area contributed by atoms with Crippen LogP contribution < -0.4 is 15.4 Å². The van der Waals surface area contributed by atoms with Crippen LogP contribution in [0.3, 0.4) is 0 Å². The highest BCUT2D eigenvalue weighted by atomic mass is 19.1. The van der Waals surface area contributed by atoms with Gasteiger partial charge in [0, 0.05) is 11.1 Å². The van der Waals surface area contributed by atoms with Gasteiger partial charge in [-0.2, -0.15) is 0 Å². The van der Waals surface area contributed by atoms with E-state index in [-0.39, 0.29) is 19.0 Å². The second-order valence-electron chi connectivity index (χ2n) is 6.47. The Morgan fingerprint density at radius 1 is 1.15 bits per heavy atom. The van der Waals surface area contributed by atoms with Gasteiger partial charge in [0.2, 0.25) is 0 Å². The molecule has 0 radical (unpaired) electrons. The number of rotatable bonds is 4. The number of hydrogen-bond donors (Lipinski definition) is 2. The minimum atomic E-state index is -1.49. The number of ether oxygens (including phenoxy) is 1. The van der Waals surface area contributed by atoms with Crippen molar-refractivity contribution in [2.24, 2.45) is 0 Å². The number of nitrogens with zero attached hydrogens (tertiary/aromatic N) is 1. The maximum absolute atomic E-state index is 13.3. The van der Waals surface area contributed by atoms with E-state index in [0.717, 1.165) is 5.56 Å². The van der Waals surface area contributed by atoms with E-state index in [0.29, 0.717) is 16.9 Å². The van der Waals surface area contributed by atoms with Crippen LogP contribution >= 0.6 is 0 Å². The zero-order chi connectivity index (χ0) is 19.2. The molecule has 0 saturated carbocycles. The summed E-state index contributed by atoms with van der Waals surface area (Å²) in [5.41, 5.74) is 0.121.